The highest BCUT2D eigenvalue weighted by Crippen LogP contribution is 2.27. The second-order valence-corrected chi connectivity index (χ2v) is 5.36. The highest BCUT2D eigenvalue weighted by atomic mass is 15.2. The van der Waals surface area contributed by atoms with Crippen molar-refractivity contribution in [2.45, 2.75) is 46.6 Å². The molecule has 1 aliphatic rings. The van der Waals surface area contributed by atoms with Crippen molar-refractivity contribution in [2.24, 2.45) is 11.8 Å². The van der Waals surface area contributed by atoms with E-state index in [0.717, 1.165) is 11.8 Å². The molecule has 1 heteroatoms. The maximum Gasteiger partial charge on any atom is 0.0125 e. The van der Waals surface area contributed by atoms with E-state index in [-0.39, 0.29) is 0 Å². The van der Waals surface area contributed by atoms with Gasteiger partial charge in [-0.2, -0.15) is 0 Å². The summed E-state index contributed by atoms with van der Waals surface area (Å²) in [4.78, 5) is 2.61. The van der Waals surface area contributed by atoms with Gasteiger partial charge in [0.1, 0.15) is 0 Å². The maximum absolute atomic E-state index is 2.61. The Hall–Kier alpha value is -0.0400. The molecular formula is C11H23N. The molecule has 1 heterocycles. The molecule has 2 atom stereocenters. The molecule has 0 aromatic carbocycles. The SMILES string of the molecule is C[C@H]1CCN(C(C)(C)C)C[C@@H]1C. The Morgan fingerprint density at radius 2 is 1.67 bits per heavy atom. The molecule has 1 aliphatic heterocycles. The molecule has 1 saturated heterocycles. The third kappa shape index (κ3) is 2.22. The lowest BCUT2D eigenvalue weighted by atomic mass is 9.86. The van der Waals surface area contributed by atoms with Crippen LogP contribution in [0.5, 0.6) is 0 Å². The monoisotopic (exact) mass is 169 g/mol. The minimum absolute atomic E-state index is 0.369. The zero-order chi connectivity index (χ0) is 9.35. The first-order valence-electron chi connectivity index (χ1n) is 5.16. The van der Waals surface area contributed by atoms with E-state index in [1.165, 1.54) is 19.5 Å². The van der Waals surface area contributed by atoms with Crippen molar-refractivity contribution in [2.75, 3.05) is 13.1 Å². The van der Waals surface area contributed by atoms with Crippen LogP contribution in [-0.4, -0.2) is 23.5 Å². The van der Waals surface area contributed by atoms with Crippen LogP contribution < -0.4 is 0 Å². The molecule has 0 N–H and O–H groups in total. The van der Waals surface area contributed by atoms with Crippen LogP contribution in [0.1, 0.15) is 41.0 Å². The normalized spacial score (nSPS) is 33.8. The summed E-state index contributed by atoms with van der Waals surface area (Å²) in [7, 11) is 0. The van der Waals surface area contributed by atoms with Crippen molar-refractivity contribution in [1.29, 1.82) is 0 Å². The highest BCUT2D eigenvalue weighted by Gasteiger charge is 2.29. The molecule has 1 nitrogen and oxygen atoms in total. The maximum atomic E-state index is 2.61. The zero-order valence-corrected chi connectivity index (χ0v) is 9.22. The second-order valence-electron chi connectivity index (χ2n) is 5.36. The van der Waals surface area contributed by atoms with E-state index >= 15 is 0 Å². The fourth-order valence-corrected chi connectivity index (χ4v) is 1.87. The minimum Gasteiger partial charge on any atom is -0.298 e. The lowest BCUT2D eigenvalue weighted by Crippen LogP contribution is -2.48. The van der Waals surface area contributed by atoms with Gasteiger partial charge in [-0.25, -0.2) is 0 Å². The molecule has 0 aliphatic carbocycles. The minimum atomic E-state index is 0.369. The Morgan fingerprint density at radius 1 is 1.08 bits per heavy atom. The standard InChI is InChI=1S/C11H23N/c1-9-6-7-12(8-10(9)2)11(3,4)5/h9-10H,6-8H2,1-5H3/t9-,10-/m0/s1. The summed E-state index contributed by atoms with van der Waals surface area (Å²) in [5, 5.41) is 0. The first-order valence-corrected chi connectivity index (χ1v) is 5.16. The summed E-state index contributed by atoms with van der Waals surface area (Å²) >= 11 is 0. The summed E-state index contributed by atoms with van der Waals surface area (Å²) in [6.45, 7) is 14.3. The van der Waals surface area contributed by atoms with Gasteiger partial charge in [0.2, 0.25) is 0 Å². The molecule has 0 aromatic rings. The van der Waals surface area contributed by atoms with E-state index in [4.69, 9.17) is 0 Å². The number of nitrogens with zero attached hydrogens (tertiary/aromatic N) is 1. The van der Waals surface area contributed by atoms with Gasteiger partial charge in [-0.3, -0.25) is 4.90 Å². The summed E-state index contributed by atoms with van der Waals surface area (Å²) in [6.07, 6.45) is 1.37. The van der Waals surface area contributed by atoms with Gasteiger partial charge in [0.15, 0.2) is 0 Å². The molecule has 0 aromatic heterocycles. The van der Waals surface area contributed by atoms with E-state index in [9.17, 15) is 0 Å². The van der Waals surface area contributed by atoms with Crippen molar-refractivity contribution in [1.82, 2.24) is 4.90 Å². The first kappa shape index (κ1) is 10.0. The van der Waals surface area contributed by atoms with Crippen LogP contribution >= 0.6 is 0 Å². The van der Waals surface area contributed by atoms with E-state index in [0.29, 0.717) is 5.54 Å². The number of piperidine rings is 1. The molecule has 0 bridgehead atoms. The fraction of sp³-hybridized carbons (Fsp3) is 1.00. The Kier molecular flexibility index (Phi) is 2.82. The van der Waals surface area contributed by atoms with Gasteiger partial charge >= 0.3 is 0 Å². The van der Waals surface area contributed by atoms with E-state index in [2.05, 4.69) is 39.5 Å². The summed E-state index contributed by atoms with van der Waals surface area (Å²) in [6, 6.07) is 0. The van der Waals surface area contributed by atoms with Crippen LogP contribution in [0.2, 0.25) is 0 Å². The number of hydrogen-bond donors (Lipinski definition) is 0. The van der Waals surface area contributed by atoms with E-state index < -0.39 is 0 Å². The number of rotatable bonds is 0. The molecule has 72 valence electrons. The molecule has 0 radical (unpaired) electrons. The van der Waals surface area contributed by atoms with Crippen molar-refractivity contribution < 1.29 is 0 Å². The molecule has 0 saturated carbocycles. The van der Waals surface area contributed by atoms with Gasteiger partial charge in [-0.15, -0.1) is 0 Å². The zero-order valence-electron chi connectivity index (χ0n) is 9.22. The van der Waals surface area contributed by atoms with Crippen molar-refractivity contribution in [3.8, 4) is 0 Å². The number of likely N-dealkylation sites (tertiary alicyclic amines) is 1. The third-order valence-corrected chi connectivity index (χ3v) is 3.28. The summed E-state index contributed by atoms with van der Waals surface area (Å²) < 4.78 is 0. The Labute approximate surface area is 77.1 Å². The predicted octanol–water partition coefficient (Wildman–Crippen LogP) is 2.76. The second kappa shape index (κ2) is 3.37. The molecule has 0 amide bonds. The Morgan fingerprint density at radius 3 is 2.08 bits per heavy atom. The predicted molar refractivity (Wildman–Crippen MR) is 54.3 cm³/mol. The molecule has 1 rings (SSSR count). The van der Waals surface area contributed by atoms with Gasteiger partial charge in [-0.1, -0.05) is 13.8 Å². The Bertz CT molecular complexity index is 146. The van der Waals surface area contributed by atoms with Crippen LogP contribution in [0, 0.1) is 11.8 Å². The van der Waals surface area contributed by atoms with E-state index in [1.54, 1.807) is 0 Å². The van der Waals surface area contributed by atoms with Gasteiger partial charge in [-0.05, 0) is 45.6 Å². The topological polar surface area (TPSA) is 3.24 Å². The van der Waals surface area contributed by atoms with Gasteiger partial charge < -0.3 is 0 Å². The lowest BCUT2D eigenvalue weighted by molar-refractivity contribution is 0.0584. The highest BCUT2D eigenvalue weighted by molar-refractivity contribution is 4.83. The van der Waals surface area contributed by atoms with Crippen LogP contribution in [-0.2, 0) is 0 Å². The van der Waals surface area contributed by atoms with E-state index in [1.807, 2.05) is 0 Å². The van der Waals surface area contributed by atoms with Crippen molar-refractivity contribution in [3.05, 3.63) is 0 Å². The first-order chi connectivity index (χ1) is 5.41. The molecule has 0 spiro atoms. The quantitative estimate of drug-likeness (QED) is 0.539. The average molecular weight is 169 g/mol. The average Bonchev–Trinajstić information content (AvgIpc) is 1.92. The van der Waals surface area contributed by atoms with Crippen LogP contribution in [0.15, 0.2) is 0 Å². The van der Waals surface area contributed by atoms with Gasteiger partial charge in [0.05, 0.1) is 0 Å². The lowest BCUT2D eigenvalue weighted by Gasteiger charge is -2.43. The molecule has 12 heavy (non-hydrogen) atoms. The van der Waals surface area contributed by atoms with Gasteiger partial charge in [0, 0.05) is 12.1 Å². The Balaban J connectivity index is 2.51. The largest absolute Gasteiger partial charge is 0.298 e. The van der Waals surface area contributed by atoms with Gasteiger partial charge in [0.25, 0.3) is 0 Å². The molecule has 1 fully saturated rings. The van der Waals surface area contributed by atoms with Crippen LogP contribution in [0.4, 0.5) is 0 Å². The van der Waals surface area contributed by atoms with Crippen molar-refractivity contribution >= 4 is 0 Å². The number of hydrogen-bond acceptors (Lipinski definition) is 1. The molecular weight excluding hydrogens is 146 g/mol. The molecule has 0 unspecified atom stereocenters. The summed E-state index contributed by atoms with van der Waals surface area (Å²) in [5.74, 6) is 1.79. The smallest absolute Gasteiger partial charge is 0.0125 e. The van der Waals surface area contributed by atoms with Crippen LogP contribution in [0.3, 0.4) is 0 Å². The fourth-order valence-electron chi connectivity index (χ4n) is 1.87. The third-order valence-electron chi connectivity index (χ3n) is 3.28. The summed E-state index contributed by atoms with van der Waals surface area (Å²) in [5.41, 5.74) is 0.369. The van der Waals surface area contributed by atoms with Crippen molar-refractivity contribution in [3.63, 3.8) is 0 Å². The van der Waals surface area contributed by atoms with Crippen LogP contribution in [0.25, 0.3) is 0 Å².